The lowest BCUT2D eigenvalue weighted by molar-refractivity contribution is -0.122. The van der Waals surface area contributed by atoms with Gasteiger partial charge in [-0.3, -0.25) is 14.4 Å². The molecule has 2 aromatic heterocycles. The number of imidazole rings is 1. The SMILES string of the molecule is Cc1ccc2cccc(OCc3c(Cl)ccc(N(C)C(=O)CNC(=O)/C=C/c4ccc(NC(=O)c5nccn5C)cc4)c3Cl)c2n1. The molecule has 3 aromatic carbocycles. The number of rotatable bonds is 10. The predicted octanol–water partition coefficient (Wildman–Crippen LogP) is 6.21. The molecule has 12 heteroatoms. The van der Waals surface area contributed by atoms with Gasteiger partial charge in [-0.25, -0.2) is 9.97 Å². The minimum atomic E-state index is -0.455. The molecular formula is C34H30Cl2N6O4. The molecule has 0 bridgehead atoms. The van der Waals surface area contributed by atoms with Crippen molar-refractivity contribution in [2.75, 3.05) is 23.8 Å². The van der Waals surface area contributed by atoms with E-state index >= 15 is 0 Å². The zero-order chi connectivity index (χ0) is 32.8. The van der Waals surface area contributed by atoms with Crippen molar-refractivity contribution in [3.63, 3.8) is 0 Å². The fourth-order valence-electron chi connectivity index (χ4n) is 4.56. The third kappa shape index (κ3) is 7.53. The number of likely N-dealkylation sites (N-methyl/N-ethyl adjacent to an activating group) is 1. The molecule has 46 heavy (non-hydrogen) atoms. The molecule has 5 rings (SSSR count). The number of nitrogens with zero attached hydrogens (tertiary/aromatic N) is 4. The van der Waals surface area contributed by atoms with Crippen molar-refractivity contribution in [1.82, 2.24) is 19.9 Å². The number of amides is 3. The zero-order valence-corrected chi connectivity index (χ0v) is 26.8. The number of fused-ring (bicyclic) bond motifs is 1. The van der Waals surface area contributed by atoms with Crippen molar-refractivity contribution >= 4 is 69.3 Å². The number of hydrogen-bond acceptors (Lipinski definition) is 6. The Morgan fingerprint density at radius 1 is 1.02 bits per heavy atom. The van der Waals surface area contributed by atoms with Crippen LogP contribution in [0.5, 0.6) is 5.75 Å². The predicted molar refractivity (Wildman–Crippen MR) is 180 cm³/mol. The molecule has 0 saturated carbocycles. The van der Waals surface area contributed by atoms with E-state index in [9.17, 15) is 14.4 Å². The maximum absolute atomic E-state index is 13.0. The van der Waals surface area contributed by atoms with Crippen LogP contribution in [0, 0.1) is 6.92 Å². The highest BCUT2D eigenvalue weighted by molar-refractivity contribution is 6.38. The van der Waals surface area contributed by atoms with E-state index in [1.165, 1.54) is 11.0 Å². The first kappa shape index (κ1) is 32.2. The van der Waals surface area contributed by atoms with E-state index in [1.807, 2.05) is 37.3 Å². The molecule has 0 saturated heterocycles. The number of pyridine rings is 1. The summed E-state index contributed by atoms with van der Waals surface area (Å²) in [7, 11) is 3.30. The maximum Gasteiger partial charge on any atom is 0.291 e. The first-order valence-electron chi connectivity index (χ1n) is 14.2. The molecule has 0 spiro atoms. The van der Waals surface area contributed by atoms with Crippen LogP contribution in [0.2, 0.25) is 10.0 Å². The van der Waals surface area contributed by atoms with Gasteiger partial charge >= 0.3 is 0 Å². The molecule has 5 aromatic rings. The monoisotopic (exact) mass is 656 g/mol. The number of ether oxygens (including phenoxy) is 1. The van der Waals surface area contributed by atoms with Gasteiger partial charge in [-0.05, 0) is 55.0 Å². The van der Waals surface area contributed by atoms with Gasteiger partial charge < -0.3 is 24.8 Å². The number of para-hydroxylation sites is 1. The summed E-state index contributed by atoms with van der Waals surface area (Å²) in [6.45, 7) is 1.71. The Bertz CT molecular complexity index is 1960. The molecule has 234 valence electrons. The van der Waals surface area contributed by atoms with Crippen LogP contribution in [0.3, 0.4) is 0 Å². The number of nitrogens with one attached hydrogen (secondary N) is 2. The Labute approximate surface area is 275 Å². The van der Waals surface area contributed by atoms with Crippen LogP contribution in [0.1, 0.15) is 27.4 Å². The fraction of sp³-hybridized carbons (Fsp3) is 0.147. The summed E-state index contributed by atoms with van der Waals surface area (Å²) in [5.74, 6) is -0.299. The van der Waals surface area contributed by atoms with Crippen molar-refractivity contribution in [3.05, 3.63) is 118 Å². The molecule has 3 amide bonds. The quantitative estimate of drug-likeness (QED) is 0.173. The molecule has 0 aliphatic rings. The largest absolute Gasteiger partial charge is 0.487 e. The molecule has 0 aliphatic carbocycles. The number of halogens is 2. The third-order valence-electron chi connectivity index (χ3n) is 7.13. The zero-order valence-electron chi connectivity index (χ0n) is 25.3. The Kier molecular flexibility index (Phi) is 10.00. The number of benzene rings is 3. The number of aromatic nitrogens is 3. The highest BCUT2D eigenvalue weighted by Gasteiger charge is 2.19. The van der Waals surface area contributed by atoms with Crippen molar-refractivity contribution in [2.24, 2.45) is 7.05 Å². The van der Waals surface area contributed by atoms with Crippen molar-refractivity contribution in [3.8, 4) is 5.75 Å². The van der Waals surface area contributed by atoms with E-state index < -0.39 is 5.91 Å². The van der Waals surface area contributed by atoms with E-state index in [0.717, 1.165) is 22.2 Å². The Balaban J connectivity index is 1.16. The number of carbonyl (C=O) groups is 3. The van der Waals surface area contributed by atoms with Gasteiger partial charge in [-0.2, -0.15) is 0 Å². The lowest BCUT2D eigenvalue weighted by Gasteiger charge is -2.21. The van der Waals surface area contributed by atoms with Crippen LogP contribution in [-0.4, -0.2) is 45.8 Å². The van der Waals surface area contributed by atoms with Gasteiger partial charge in [0.15, 0.2) is 5.82 Å². The van der Waals surface area contributed by atoms with Crippen LogP contribution >= 0.6 is 23.2 Å². The molecule has 0 atom stereocenters. The molecule has 2 N–H and O–H groups in total. The number of hydrogen-bond donors (Lipinski definition) is 2. The third-order valence-corrected chi connectivity index (χ3v) is 7.91. The Hall–Kier alpha value is -5.19. The van der Waals surface area contributed by atoms with Gasteiger partial charge in [0, 0.05) is 59.9 Å². The number of aryl methyl sites for hydroxylation is 2. The van der Waals surface area contributed by atoms with E-state index in [4.69, 9.17) is 27.9 Å². The normalized spacial score (nSPS) is 11.1. The van der Waals surface area contributed by atoms with Gasteiger partial charge in [-0.1, -0.05) is 53.5 Å². The highest BCUT2D eigenvalue weighted by Crippen LogP contribution is 2.35. The summed E-state index contributed by atoms with van der Waals surface area (Å²) in [4.78, 5) is 47.7. The molecule has 0 fully saturated rings. The Morgan fingerprint density at radius 2 is 1.80 bits per heavy atom. The van der Waals surface area contributed by atoms with Crippen molar-refractivity contribution < 1.29 is 19.1 Å². The summed E-state index contributed by atoms with van der Waals surface area (Å²) in [6.07, 6.45) is 6.16. The average Bonchev–Trinajstić information content (AvgIpc) is 3.49. The van der Waals surface area contributed by atoms with Gasteiger partial charge in [0.05, 0.1) is 17.3 Å². The fourth-order valence-corrected chi connectivity index (χ4v) is 5.16. The molecule has 0 unspecified atom stereocenters. The van der Waals surface area contributed by atoms with E-state index in [1.54, 1.807) is 73.5 Å². The van der Waals surface area contributed by atoms with Gasteiger partial charge in [0.2, 0.25) is 11.8 Å². The van der Waals surface area contributed by atoms with Gasteiger partial charge in [0.25, 0.3) is 5.91 Å². The lowest BCUT2D eigenvalue weighted by Crippen LogP contribution is -2.37. The topological polar surface area (TPSA) is 118 Å². The molecule has 10 nitrogen and oxygen atoms in total. The van der Waals surface area contributed by atoms with Gasteiger partial charge in [-0.15, -0.1) is 0 Å². The first-order chi connectivity index (χ1) is 22.1. The van der Waals surface area contributed by atoms with E-state index in [0.29, 0.717) is 33.5 Å². The van der Waals surface area contributed by atoms with Crippen LogP contribution in [-0.2, 0) is 23.2 Å². The molecule has 0 radical (unpaired) electrons. The number of anilines is 2. The highest BCUT2D eigenvalue weighted by atomic mass is 35.5. The second-order valence-corrected chi connectivity index (χ2v) is 11.2. The second kappa shape index (κ2) is 14.3. The smallest absolute Gasteiger partial charge is 0.291 e. The average molecular weight is 658 g/mol. The number of carbonyl (C=O) groups excluding carboxylic acids is 3. The first-order valence-corrected chi connectivity index (χ1v) is 14.9. The second-order valence-electron chi connectivity index (χ2n) is 10.4. The van der Waals surface area contributed by atoms with E-state index in [2.05, 4.69) is 20.6 Å². The van der Waals surface area contributed by atoms with Crippen LogP contribution < -0.4 is 20.3 Å². The molecular weight excluding hydrogens is 627 g/mol. The van der Waals surface area contributed by atoms with Crippen LogP contribution in [0.4, 0.5) is 11.4 Å². The Morgan fingerprint density at radius 3 is 2.54 bits per heavy atom. The van der Waals surface area contributed by atoms with E-state index in [-0.39, 0.29) is 30.0 Å². The standard InChI is InChI=1S/C34H30Cl2N6O4/c1-21-7-11-23-5-4-6-28(32(23)39-21)46-20-25-26(35)14-15-27(31(25)36)42(3)30(44)19-38-29(43)16-10-22-8-12-24(13-9-22)40-34(45)33-37-17-18-41(33)2/h4-18H,19-20H2,1-3H3,(H,38,43)(H,40,45)/b16-10+. The van der Waals surface area contributed by atoms with Crippen molar-refractivity contribution in [2.45, 2.75) is 13.5 Å². The minimum absolute atomic E-state index is 0.0568. The molecule has 0 aliphatic heterocycles. The van der Waals surface area contributed by atoms with Crippen molar-refractivity contribution in [1.29, 1.82) is 0 Å². The summed E-state index contributed by atoms with van der Waals surface area (Å²) in [5, 5.41) is 6.96. The summed E-state index contributed by atoms with van der Waals surface area (Å²) >= 11 is 13.2. The summed E-state index contributed by atoms with van der Waals surface area (Å²) in [5.41, 5.74) is 3.83. The summed E-state index contributed by atoms with van der Waals surface area (Å²) < 4.78 is 7.70. The molecule has 2 heterocycles. The summed E-state index contributed by atoms with van der Waals surface area (Å²) in [6, 6.07) is 19.8. The van der Waals surface area contributed by atoms with Gasteiger partial charge in [0.1, 0.15) is 17.9 Å². The van der Waals surface area contributed by atoms with Crippen LogP contribution in [0.25, 0.3) is 17.0 Å². The lowest BCUT2D eigenvalue weighted by atomic mass is 10.1. The maximum atomic E-state index is 13.0. The van der Waals surface area contributed by atoms with Crippen LogP contribution in [0.15, 0.2) is 85.2 Å². The minimum Gasteiger partial charge on any atom is -0.487 e.